The summed E-state index contributed by atoms with van der Waals surface area (Å²) in [6.07, 6.45) is 1.01. The molecule has 1 aliphatic heterocycles. The number of aromatic amines is 1. The van der Waals surface area contributed by atoms with Crippen molar-refractivity contribution in [3.8, 4) is 11.4 Å². The monoisotopic (exact) mass is 279 g/mol. The fraction of sp³-hybridized carbons (Fsp3) is 0.385. The van der Waals surface area contributed by atoms with Gasteiger partial charge in [0, 0.05) is 31.3 Å². The summed E-state index contributed by atoms with van der Waals surface area (Å²) in [6, 6.07) is 3.30. The van der Waals surface area contributed by atoms with Crippen molar-refractivity contribution in [1.29, 1.82) is 0 Å². The quantitative estimate of drug-likeness (QED) is 0.875. The van der Waals surface area contributed by atoms with Gasteiger partial charge < -0.3 is 10.2 Å². The van der Waals surface area contributed by atoms with E-state index >= 15 is 0 Å². The Labute approximate surface area is 115 Å². The molecule has 0 aliphatic carbocycles. The van der Waals surface area contributed by atoms with E-state index in [4.69, 9.17) is 0 Å². The highest BCUT2D eigenvalue weighted by atomic mass is 19.1. The Morgan fingerprint density at radius 2 is 1.85 bits per heavy atom. The molecule has 20 heavy (non-hydrogen) atoms. The van der Waals surface area contributed by atoms with Gasteiger partial charge in [0.25, 0.3) is 0 Å². The fourth-order valence-electron chi connectivity index (χ4n) is 2.26. The molecular weight excluding hydrogens is 264 g/mol. The van der Waals surface area contributed by atoms with Crippen molar-refractivity contribution in [2.45, 2.75) is 6.42 Å². The molecule has 0 bridgehead atoms. The highest BCUT2D eigenvalue weighted by Gasteiger charge is 2.15. The summed E-state index contributed by atoms with van der Waals surface area (Å²) in [4.78, 5) is 6.38. The highest BCUT2D eigenvalue weighted by Crippen LogP contribution is 2.20. The van der Waals surface area contributed by atoms with Gasteiger partial charge in [-0.3, -0.25) is 5.10 Å². The van der Waals surface area contributed by atoms with Crippen LogP contribution in [0.2, 0.25) is 0 Å². The molecule has 2 N–H and O–H groups in total. The van der Waals surface area contributed by atoms with Gasteiger partial charge in [0.15, 0.2) is 5.82 Å². The second-order valence-electron chi connectivity index (χ2n) is 4.73. The molecule has 1 saturated heterocycles. The van der Waals surface area contributed by atoms with E-state index in [0.29, 0.717) is 17.3 Å². The molecule has 0 amide bonds. The van der Waals surface area contributed by atoms with Gasteiger partial charge in [-0.25, -0.2) is 8.78 Å². The predicted octanol–water partition coefficient (Wildman–Crippen LogP) is 1.55. The Morgan fingerprint density at radius 3 is 2.65 bits per heavy atom. The summed E-state index contributed by atoms with van der Waals surface area (Å²) >= 11 is 0. The third kappa shape index (κ3) is 2.77. The maximum Gasteiger partial charge on any atom is 0.245 e. The number of H-pyrrole nitrogens is 1. The average molecular weight is 279 g/mol. The Bertz CT molecular complexity index is 570. The Hall–Kier alpha value is -2.02. The molecule has 2 aromatic rings. The molecular formula is C13H15F2N5. The van der Waals surface area contributed by atoms with Crippen LogP contribution < -0.4 is 10.2 Å². The number of anilines is 1. The van der Waals surface area contributed by atoms with Crippen molar-refractivity contribution in [3.05, 3.63) is 29.8 Å². The van der Waals surface area contributed by atoms with Gasteiger partial charge in [-0.1, -0.05) is 0 Å². The molecule has 0 radical (unpaired) electrons. The smallest absolute Gasteiger partial charge is 0.245 e. The summed E-state index contributed by atoms with van der Waals surface area (Å²) in [5.41, 5.74) is 0.356. The van der Waals surface area contributed by atoms with Crippen LogP contribution in [0.4, 0.5) is 14.7 Å². The lowest BCUT2D eigenvalue weighted by Crippen LogP contribution is -2.28. The largest absolute Gasteiger partial charge is 0.338 e. The van der Waals surface area contributed by atoms with Crippen LogP contribution in [0.3, 0.4) is 0 Å². The standard InChI is InChI=1S/C13H15F2N5/c14-10-6-9(7-11(15)8-10)12-17-13(19-18-12)20-4-1-2-16-3-5-20/h6-8,16H,1-5H2,(H,17,18,19). The van der Waals surface area contributed by atoms with Crippen molar-refractivity contribution in [1.82, 2.24) is 20.5 Å². The minimum absolute atomic E-state index is 0.356. The van der Waals surface area contributed by atoms with E-state index < -0.39 is 11.6 Å². The number of nitrogens with one attached hydrogen (secondary N) is 2. The summed E-state index contributed by atoms with van der Waals surface area (Å²) in [6.45, 7) is 3.53. The maximum absolute atomic E-state index is 13.2. The van der Waals surface area contributed by atoms with Crippen LogP contribution >= 0.6 is 0 Å². The molecule has 0 unspecified atom stereocenters. The maximum atomic E-state index is 13.2. The van der Waals surface area contributed by atoms with Gasteiger partial charge in [-0.05, 0) is 25.1 Å². The van der Waals surface area contributed by atoms with Crippen LogP contribution in [0.25, 0.3) is 11.4 Å². The van der Waals surface area contributed by atoms with Gasteiger partial charge >= 0.3 is 0 Å². The first-order chi connectivity index (χ1) is 9.72. The van der Waals surface area contributed by atoms with Crippen LogP contribution in [0.1, 0.15) is 6.42 Å². The van der Waals surface area contributed by atoms with E-state index in [1.165, 1.54) is 12.1 Å². The van der Waals surface area contributed by atoms with Gasteiger partial charge in [-0.2, -0.15) is 4.98 Å². The van der Waals surface area contributed by atoms with Gasteiger partial charge in [0.05, 0.1) is 0 Å². The lowest BCUT2D eigenvalue weighted by Gasteiger charge is -2.16. The minimum Gasteiger partial charge on any atom is -0.338 e. The van der Waals surface area contributed by atoms with Gasteiger partial charge in [-0.15, -0.1) is 5.10 Å². The minimum atomic E-state index is -0.628. The first-order valence-electron chi connectivity index (χ1n) is 6.57. The zero-order chi connectivity index (χ0) is 13.9. The van der Waals surface area contributed by atoms with Crippen molar-refractivity contribution in [2.75, 3.05) is 31.1 Å². The number of hydrogen-bond donors (Lipinski definition) is 2. The first-order valence-corrected chi connectivity index (χ1v) is 6.57. The molecule has 1 fully saturated rings. The molecule has 0 spiro atoms. The summed E-state index contributed by atoms with van der Waals surface area (Å²) in [5.74, 6) is -0.321. The molecule has 106 valence electrons. The van der Waals surface area contributed by atoms with E-state index in [1.807, 2.05) is 0 Å². The zero-order valence-corrected chi connectivity index (χ0v) is 10.9. The molecule has 2 heterocycles. The van der Waals surface area contributed by atoms with Crippen LogP contribution in [-0.2, 0) is 0 Å². The molecule has 0 saturated carbocycles. The number of benzene rings is 1. The molecule has 7 heteroatoms. The lowest BCUT2D eigenvalue weighted by atomic mass is 10.2. The SMILES string of the molecule is Fc1cc(F)cc(-c2nc(N3CCCNCC3)n[nH]2)c1. The summed E-state index contributed by atoms with van der Waals surface area (Å²) in [7, 11) is 0. The van der Waals surface area contributed by atoms with Crippen molar-refractivity contribution in [3.63, 3.8) is 0 Å². The Morgan fingerprint density at radius 1 is 1.05 bits per heavy atom. The second kappa shape index (κ2) is 5.54. The van der Waals surface area contributed by atoms with Crippen LogP contribution in [0.5, 0.6) is 0 Å². The molecule has 1 aromatic carbocycles. The number of hydrogen-bond acceptors (Lipinski definition) is 4. The highest BCUT2D eigenvalue weighted by molar-refractivity contribution is 5.56. The third-order valence-corrected chi connectivity index (χ3v) is 3.23. The van der Waals surface area contributed by atoms with Gasteiger partial charge in [0.1, 0.15) is 11.6 Å². The number of aromatic nitrogens is 3. The van der Waals surface area contributed by atoms with Crippen LogP contribution in [-0.4, -0.2) is 41.4 Å². The van der Waals surface area contributed by atoms with Crippen LogP contribution in [0, 0.1) is 11.6 Å². The molecule has 1 aromatic heterocycles. The van der Waals surface area contributed by atoms with Crippen LogP contribution in [0.15, 0.2) is 18.2 Å². The molecule has 1 aliphatic rings. The topological polar surface area (TPSA) is 56.8 Å². The third-order valence-electron chi connectivity index (χ3n) is 3.23. The first kappa shape index (κ1) is 13.0. The van der Waals surface area contributed by atoms with E-state index in [9.17, 15) is 8.78 Å². The Balaban J connectivity index is 1.85. The van der Waals surface area contributed by atoms with E-state index in [-0.39, 0.29) is 0 Å². The van der Waals surface area contributed by atoms with Crippen molar-refractivity contribution in [2.24, 2.45) is 0 Å². The summed E-state index contributed by atoms with van der Waals surface area (Å²) < 4.78 is 26.4. The van der Waals surface area contributed by atoms with E-state index in [0.717, 1.165) is 38.7 Å². The predicted molar refractivity (Wildman–Crippen MR) is 71.4 cm³/mol. The zero-order valence-electron chi connectivity index (χ0n) is 10.9. The fourth-order valence-corrected chi connectivity index (χ4v) is 2.26. The number of halogens is 2. The second-order valence-corrected chi connectivity index (χ2v) is 4.73. The molecule has 3 rings (SSSR count). The van der Waals surface area contributed by atoms with Crippen molar-refractivity contribution >= 4 is 5.95 Å². The molecule has 0 atom stereocenters. The van der Waals surface area contributed by atoms with E-state index in [1.54, 1.807) is 0 Å². The summed E-state index contributed by atoms with van der Waals surface area (Å²) in [5, 5.41) is 10.2. The normalized spacial score (nSPS) is 16.2. The number of nitrogens with zero attached hydrogens (tertiary/aromatic N) is 3. The lowest BCUT2D eigenvalue weighted by molar-refractivity contribution is 0.584. The van der Waals surface area contributed by atoms with E-state index in [2.05, 4.69) is 25.4 Å². The Kier molecular flexibility index (Phi) is 3.60. The van der Waals surface area contributed by atoms with Gasteiger partial charge in [0.2, 0.25) is 5.95 Å². The molecule has 5 nitrogen and oxygen atoms in total. The number of rotatable bonds is 2. The van der Waals surface area contributed by atoms with Crippen molar-refractivity contribution < 1.29 is 8.78 Å². The average Bonchev–Trinajstić information content (AvgIpc) is 2.74.